The molecular weight excluding hydrogens is 352 g/mol. The molecule has 0 spiro atoms. The Morgan fingerprint density at radius 3 is 2.62 bits per heavy atom. The average Bonchev–Trinajstić information content (AvgIpc) is 2.90. The molecule has 0 radical (unpaired) electrons. The molecule has 0 fully saturated rings. The molecular formula is C18H20N4O3S. The number of benzene rings is 1. The summed E-state index contributed by atoms with van der Waals surface area (Å²) >= 11 is 0. The van der Waals surface area contributed by atoms with Crippen LogP contribution in [0.2, 0.25) is 0 Å². The highest BCUT2D eigenvalue weighted by Crippen LogP contribution is 2.32. The lowest BCUT2D eigenvalue weighted by atomic mass is 10.1. The summed E-state index contributed by atoms with van der Waals surface area (Å²) in [5, 5.41) is 3.55. The number of anilines is 1. The maximum Gasteiger partial charge on any atom is 0.242 e. The molecule has 0 aliphatic carbocycles. The van der Waals surface area contributed by atoms with Gasteiger partial charge < -0.3 is 9.88 Å². The lowest BCUT2D eigenvalue weighted by Gasteiger charge is -2.12. The Hall–Kier alpha value is -2.71. The highest BCUT2D eigenvalue weighted by Gasteiger charge is 2.18. The molecule has 0 bridgehead atoms. The number of nitrogens with one attached hydrogen (secondary N) is 1. The van der Waals surface area contributed by atoms with Gasteiger partial charge in [0.2, 0.25) is 15.9 Å². The molecule has 7 nitrogen and oxygen atoms in total. The van der Waals surface area contributed by atoms with Gasteiger partial charge in [-0.2, -0.15) is 0 Å². The number of fused-ring (bicyclic) bond motifs is 1. The number of pyridine rings is 1. The maximum absolute atomic E-state index is 12.4. The molecule has 1 aromatic carbocycles. The number of hydrogen-bond acceptors (Lipinski definition) is 4. The van der Waals surface area contributed by atoms with Crippen LogP contribution in [0.25, 0.3) is 22.0 Å². The minimum Gasteiger partial charge on any atom is -0.349 e. The first-order chi connectivity index (χ1) is 12.2. The summed E-state index contributed by atoms with van der Waals surface area (Å²) in [7, 11) is 1.38. The number of amides is 1. The van der Waals surface area contributed by atoms with Gasteiger partial charge in [0.15, 0.2) is 0 Å². The fourth-order valence-electron chi connectivity index (χ4n) is 2.79. The number of hydrogen-bond donors (Lipinski definition) is 1. The molecule has 2 heterocycles. The number of sulfonamides is 1. The number of aryl methyl sites for hydroxylation is 1. The van der Waals surface area contributed by atoms with Gasteiger partial charge in [0.05, 0.1) is 16.6 Å². The van der Waals surface area contributed by atoms with Crippen molar-refractivity contribution in [2.75, 3.05) is 19.4 Å². The van der Waals surface area contributed by atoms with E-state index in [1.807, 2.05) is 23.9 Å². The first-order valence-corrected chi connectivity index (χ1v) is 9.40. The highest BCUT2D eigenvalue weighted by molar-refractivity contribution is 7.89. The first-order valence-electron chi connectivity index (χ1n) is 7.96. The van der Waals surface area contributed by atoms with Crippen LogP contribution in [0.5, 0.6) is 0 Å². The molecule has 3 aromatic rings. The maximum atomic E-state index is 12.4. The van der Waals surface area contributed by atoms with Crippen LogP contribution >= 0.6 is 0 Å². The summed E-state index contributed by atoms with van der Waals surface area (Å²) in [5.41, 5.74) is 2.53. The molecule has 0 aliphatic rings. The summed E-state index contributed by atoms with van der Waals surface area (Å²) in [5.74, 6) is 0.253. The molecule has 1 N–H and O–H groups in total. The van der Waals surface area contributed by atoms with Gasteiger partial charge in [-0.1, -0.05) is 12.1 Å². The van der Waals surface area contributed by atoms with Crippen molar-refractivity contribution in [3.63, 3.8) is 0 Å². The van der Waals surface area contributed by atoms with E-state index in [2.05, 4.69) is 10.3 Å². The normalized spacial score (nSPS) is 11.9. The van der Waals surface area contributed by atoms with Crippen molar-refractivity contribution in [1.29, 1.82) is 0 Å². The van der Waals surface area contributed by atoms with Crippen LogP contribution in [0.15, 0.2) is 47.6 Å². The van der Waals surface area contributed by atoms with Crippen LogP contribution in [0.1, 0.15) is 6.92 Å². The largest absolute Gasteiger partial charge is 0.349 e. The van der Waals surface area contributed by atoms with Crippen LogP contribution in [-0.2, 0) is 21.9 Å². The van der Waals surface area contributed by atoms with Crippen LogP contribution < -0.4 is 5.32 Å². The monoisotopic (exact) mass is 372 g/mol. The van der Waals surface area contributed by atoms with E-state index >= 15 is 0 Å². The van der Waals surface area contributed by atoms with Gasteiger partial charge in [0.25, 0.3) is 0 Å². The van der Waals surface area contributed by atoms with Crippen LogP contribution in [-0.4, -0.2) is 42.3 Å². The van der Waals surface area contributed by atoms with E-state index < -0.39 is 10.0 Å². The average molecular weight is 372 g/mol. The van der Waals surface area contributed by atoms with Gasteiger partial charge in [0, 0.05) is 45.2 Å². The van der Waals surface area contributed by atoms with Crippen molar-refractivity contribution >= 4 is 32.7 Å². The van der Waals surface area contributed by atoms with E-state index in [9.17, 15) is 13.2 Å². The van der Waals surface area contributed by atoms with E-state index in [0.717, 1.165) is 22.0 Å². The molecule has 0 atom stereocenters. The van der Waals surface area contributed by atoms with Crippen LogP contribution in [0.3, 0.4) is 0 Å². The van der Waals surface area contributed by atoms with E-state index in [4.69, 9.17) is 0 Å². The molecule has 0 saturated carbocycles. The summed E-state index contributed by atoms with van der Waals surface area (Å²) in [6.07, 6.45) is 3.61. The molecule has 26 heavy (non-hydrogen) atoms. The van der Waals surface area contributed by atoms with Gasteiger partial charge in [-0.05, 0) is 23.8 Å². The molecule has 136 valence electrons. The second-order valence-electron chi connectivity index (χ2n) is 6.24. The van der Waals surface area contributed by atoms with E-state index in [0.29, 0.717) is 5.82 Å². The van der Waals surface area contributed by atoms with Crippen LogP contribution in [0.4, 0.5) is 5.82 Å². The van der Waals surface area contributed by atoms with Crippen molar-refractivity contribution in [1.82, 2.24) is 13.9 Å². The second-order valence-corrected chi connectivity index (χ2v) is 8.39. The molecule has 0 aliphatic heterocycles. The second kappa shape index (κ2) is 6.54. The quantitative estimate of drug-likeness (QED) is 0.762. The van der Waals surface area contributed by atoms with E-state index in [1.54, 1.807) is 30.5 Å². The van der Waals surface area contributed by atoms with Crippen molar-refractivity contribution in [2.24, 2.45) is 7.05 Å². The molecule has 8 heteroatoms. The molecule has 2 aromatic heterocycles. The SMILES string of the molecule is CC(=O)Nc1cc2c(-c3cccc(S(=O)(=O)N(C)C)c3)cn(C)c2cn1. The predicted molar refractivity (Wildman–Crippen MR) is 101 cm³/mol. The fraction of sp³-hybridized carbons (Fsp3) is 0.222. The van der Waals surface area contributed by atoms with Crippen molar-refractivity contribution in [2.45, 2.75) is 11.8 Å². The van der Waals surface area contributed by atoms with Crippen molar-refractivity contribution in [3.05, 3.63) is 42.7 Å². The van der Waals surface area contributed by atoms with Gasteiger partial charge in [0.1, 0.15) is 5.82 Å². The standard InChI is InChI=1S/C18H20N4O3S/c1-12(23)20-18-9-15-16(11-22(4)17(15)10-19-18)13-6-5-7-14(8-13)26(24,25)21(2)3/h5-11H,1-4H3,(H,19,20,23). The van der Waals surface area contributed by atoms with Gasteiger partial charge >= 0.3 is 0 Å². The summed E-state index contributed by atoms with van der Waals surface area (Å²) in [4.78, 5) is 15.8. The Kier molecular flexibility index (Phi) is 4.55. The number of rotatable bonds is 4. The predicted octanol–water partition coefficient (Wildman–Crippen LogP) is 2.45. The van der Waals surface area contributed by atoms with Crippen LogP contribution in [0, 0.1) is 0 Å². The lowest BCUT2D eigenvalue weighted by Crippen LogP contribution is -2.22. The number of carbonyl (C=O) groups excluding carboxylic acids is 1. The Labute approximate surface area is 152 Å². The third-order valence-electron chi connectivity index (χ3n) is 4.10. The van der Waals surface area contributed by atoms with Gasteiger partial charge in [-0.3, -0.25) is 4.79 Å². The lowest BCUT2D eigenvalue weighted by molar-refractivity contribution is -0.114. The first kappa shape index (κ1) is 18.1. The Morgan fingerprint density at radius 1 is 1.23 bits per heavy atom. The Morgan fingerprint density at radius 2 is 1.96 bits per heavy atom. The number of aromatic nitrogens is 2. The third-order valence-corrected chi connectivity index (χ3v) is 5.91. The molecule has 3 rings (SSSR count). The zero-order valence-electron chi connectivity index (χ0n) is 15.0. The summed E-state index contributed by atoms with van der Waals surface area (Å²) in [6, 6.07) is 8.61. The smallest absolute Gasteiger partial charge is 0.242 e. The minimum absolute atomic E-state index is 0.201. The summed E-state index contributed by atoms with van der Waals surface area (Å²) < 4.78 is 28.0. The topological polar surface area (TPSA) is 84.3 Å². The zero-order chi connectivity index (χ0) is 19.1. The fourth-order valence-corrected chi connectivity index (χ4v) is 3.74. The van der Waals surface area contributed by atoms with E-state index in [1.165, 1.54) is 25.3 Å². The summed E-state index contributed by atoms with van der Waals surface area (Å²) in [6.45, 7) is 1.42. The molecule has 1 amide bonds. The van der Waals surface area contributed by atoms with Crippen molar-refractivity contribution in [3.8, 4) is 11.1 Å². The Bertz CT molecular complexity index is 1100. The third kappa shape index (κ3) is 3.21. The highest BCUT2D eigenvalue weighted by atomic mass is 32.2. The molecule has 0 unspecified atom stereocenters. The Balaban J connectivity index is 2.18. The van der Waals surface area contributed by atoms with Gasteiger partial charge in [-0.25, -0.2) is 17.7 Å². The van der Waals surface area contributed by atoms with Gasteiger partial charge in [-0.15, -0.1) is 0 Å². The van der Waals surface area contributed by atoms with E-state index in [-0.39, 0.29) is 10.8 Å². The molecule has 0 saturated heterocycles. The zero-order valence-corrected chi connectivity index (χ0v) is 15.8. The minimum atomic E-state index is -3.52. The van der Waals surface area contributed by atoms with Crippen molar-refractivity contribution < 1.29 is 13.2 Å². The number of nitrogens with zero attached hydrogens (tertiary/aromatic N) is 3. The number of carbonyl (C=O) groups is 1.